The third-order valence-corrected chi connectivity index (χ3v) is 4.36. The van der Waals surface area contributed by atoms with Gasteiger partial charge in [-0.25, -0.2) is 4.79 Å². The fourth-order valence-electron chi connectivity index (χ4n) is 1.79. The van der Waals surface area contributed by atoms with Crippen molar-refractivity contribution in [2.75, 3.05) is 24.3 Å². The van der Waals surface area contributed by atoms with Gasteiger partial charge in [0, 0.05) is 12.7 Å². The Kier molecular flexibility index (Phi) is 7.80. The first-order chi connectivity index (χ1) is 10.5. The number of nitrogens with zero attached hydrogens (tertiary/aromatic N) is 1. The number of hydrogen-bond donors (Lipinski definition) is 1. The van der Waals surface area contributed by atoms with Crippen LogP contribution in [0.1, 0.15) is 26.7 Å². The maximum atomic E-state index is 12.3. The van der Waals surface area contributed by atoms with Crippen LogP contribution in [0.25, 0.3) is 0 Å². The highest BCUT2D eigenvalue weighted by Gasteiger charge is 2.18. The maximum absolute atomic E-state index is 12.3. The minimum absolute atomic E-state index is 0.0558. The highest BCUT2D eigenvalue weighted by Crippen LogP contribution is 2.22. The van der Waals surface area contributed by atoms with E-state index in [9.17, 15) is 9.59 Å². The van der Waals surface area contributed by atoms with E-state index < -0.39 is 5.97 Å². The summed E-state index contributed by atoms with van der Waals surface area (Å²) in [7, 11) is 1.74. The summed E-state index contributed by atoms with van der Waals surface area (Å²) in [6.07, 6.45) is 2.24. The third-order valence-electron chi connectivity index (χ3n) is 3.13. The van der Waals surface area contributed by atoms with Crippen LogP contribution in [0.15, 0.2) is 24.3 Å². The van der Waals surface area contributed by atoms with E-state index in [0.717, 1.165) is 24.3 Å². The number of rotatable bonds is 9. The number of benzene rings is 1. The lowest BCUT2D eigenvalue weighted by atomic mass is 10.2. The lowest BCUT2D eigenvalue weighted by Gasteiger charge is -2.21. The van der Waals surface area contributed by atoms with Crippen molar-refractivity contribution in [2.45, 2.75) is 31.9 Å². The van der Waals surface area contributed by atoms with Crippen molar-refractivity contribution in [3.8, 4) is 5.75 Å². The monoisotopic (exact) mass is 325 g/mol. The predicted octanol–water partition coefficient (Wildman–Crippen LogP) is 3.03. The van der Waals surface area contributed by atoms with Crippen LogP contribution in [-0.2, 0) is 9.59 Å². The number of carboxylic acids is 1. The van der Waals surface area contributed by atoms with Crippen LogP contribution in [0.4, 0.5) is 5.69 Å². The molecule has 0 aromatic heterocycles. The molecule has 1 amide bonds. The summed E-state index contributed by atoms with van der Waals surface area (Å²) in [4.78, 5) is 24.4. The molecule has 1 atom stereocenters. The summed E-state index contributed by atoms with van der Waals surface area (Å²) in [6.45, 7) is 3.68. The van der Waals surface area contributed by atoms with E-state index in [2.05, 4.69) is 6.92 Å². The van der Waals surface area contributed by atoms with Crippen molar-refractivity contribution in [3.63, 3.8) is 0 Å². The molecule has 0 fully saturated rings. The molecule has 1 aromatic rings. The number of carbonyl (C=O) groups excluding carboxylic acids is 1. The minimum atomic E-state index is -1.02. The Morgan fingerprint density at radius 2 is 1.95 bits per heavy atom. The van der Waals surface area contributed by atoms with Crippen molar-refractivity contribution < 1.29 is 19.4 Å². The zero-order chi connectivity index (χ0) is 16.5. The fourth-order valence-corrected chi connectivity index (χ4v) is 2.90. The van der Waals surface area contributed by atoms with Crippen molar-refractivity contribution in [1.82, 2.24) is 0 Å². The number of ether oxygens (including phenoxy) is 1. The Morgan fingerprint density at radius 1 is 1.32 bits per heavy atom. The van der Waals surface area contributed by atoms with Crippen LogP contribution >= 0.6 is 11.8 Å². The van der Waals surface area contributed by atoms with Crippen molar-refractivity contribution in [1.29, 1.82) is 0 Å². The van der Waals surface area contributed by atoms with Gasteiger partial charge < -0.3 is 14.7 Å². The van der Waals surface area contributed by atoms with Gasteiger partial charge >= 0.3 is 5.97 Å². The Bertz CT molecular complexity index is 489. The van der Waals surface area contributed by atoms with Crippen LogP contribution < -0.4 is 9.64 Å². The average molecular weight is 325 g/mol. The normalized spacial score (nSPS) is 11.8. The summed E-state index contributed by atoms with van der Waals surface area (Å²) in [6, 6.07) is 6.82. The van der Waals surface area contributed by atoms with Gasteiger partial charge in [-0.15, -0.1) is 11.8 Å². The van der Waals surface area contributed by atoms with Gasteiger partial charge in [-0.1, -0.05) is 13.3 Å². The van der Waals surface area contributed by atoms with Crippen LogP contribution in [0.3, 0.4) is 0 Å². The summed E-state index contributed by atoms with van der Waals surface area (Å²) in [5.41, 5.74) is 0.760. The number of thioether (sulfide) groups is 1. The maximum Gasteiger partial charge on any atom is 0.341 e. The second kappa shape index (κ2) is 9.35. The van der Waals surface area contributed by atoms with Gasteiger partial charge in [0.1, 0.15) is 5.75 Å². The lowest BCUT2D eigenvalue weighted by Crippen LogP contribution is -2.33. The number of hydrogen-bond acceptors (Lipinski definition) is 4. The van der Waals surface area contributed by atoms with Gasteiger partial charge in [0.15, 0.2) is 6.61 Å². The van der Waals surface area contributed by atoms with Gasteiger partial charge in [-0.05, 0) is 43.4 Å². The zero-order valence-corrected chi connectivity index (χ0v) is 14.1. The fraction of sp³-hybridized carbons (Fsp3) is 0.500. The molecule has 0 saturated carbocycles. The summed E-state index contributed by atoms with van der Waals surface area (Å²) in [5.74, 6) is 0.492. The second-order valence-electron chi connectivity index (χ2n) is 4.94. The molecule has 1 unspecified atom stereocenters. The number of aliphatic carboxylic acids is 1. The molecule has 122 valence electrons. The Morgan fingerprint density at radius 3 is 2.50 bits per heavy atom. The van der Waals surface area contributed by atoms with Crippen LogP contribution in [0.2, 0.25) is 0 Å². The molecule has 1 N–H and O–H groups in total. The number of amides is 1. The molecule has 1 aromatic carbocycles. The quantitative estimate of drug-likeness (QED) is 0.707. The predicted molar refractivity (Wildman–Crippen MR) is 89.8 cm³/mol. The molecular formula is C16H23NO4S. The Balaban J connectivity index is 2.58. The van der Waals surface area contributed by atoms with Crippen LogP contribution in [0, 0.1) is 0 Å². The van der Waals surface area contributed by atoms with Crippen LogP contribution in [-0.4, -0.2) is 41.6 Å². The second-order valence-corrected chi connectivity index (χ2v) is 6.39. The molecule has 0 bridgehead atoms. The molecule has 22 heavy (non-hydrogen) atoms. The smallest absolute Gasteiger partial charge is 0.341 e. The topological polar surface area (TPSA) is 66.8 Å². The van der Waals surface area contributed by atoms with E-state index in [1.807, 2.05) is 6.92 Å². The molecule has 1 rings (SSSR count). The van der Waals surface area contributed by atoms with Crippen molar-refractivity contribution in [3.05, 3.63) is 24.3 Å². The number of carbonyl (C=O) groups is 2. The first-order valence-electron chi connectivity index (χ1n) is 7.29. The van der Waals surface area contributed by atoms with Gasteiger partial charge in [0.25, 0.3) is 0 Å². The van der Waals surface area contributed by atoms with Crippen molar-refractivity contribution >= 4 is 29.3 Å². The largest absolute Gasteiger partial charge is 0.482 e. The lowest BCUT2D eigenvalue weighted by molar-refractivity contribution is -0.139. The first kappa shape index (κ1) is 18.4. The Hall–Kier alpha value is -1.69. The van der Waals surface area contributed by atoms with E-state index in [1.54, 1.807) is 48.0 Å². The molecule has 0 heterocycles. The average Bonchev–Trinajstić information content (AvgIpc) is 2.52. The number of anilines is 1. The van der Waals surface area contributed by atoms with Gasteiger partial charge in [-0.2, -0.15) is 0 Å². The molecule has 0 aliphatic rings. The molecule has 5 nitrogen and oxygen atoms in total. The van der Waals surface area contributed by atoms with Gasteiger partial charge in [0.05, 0.1) is 5.25 Å². The van der Waals surface area contributed by atoms with E-state index in [0.29, 0.717) is 5.75 Å². The van der Waals surface area contributed by atoms with Crippen LogP contribution in [0.5, 0.6) is 5.75 Å². The Labute approximate surface area is 135 Å². The van der Waals surface area contributed by atoms with Gasteiger partial charge in [0.2, 0.25) is 5.91 Å². The highest BCUT2D eigenvalue weighted by atomic mass is 32.2. The minimum Gasteiger partial charge on any atom is -0.482 e. The summed E-state index contributed by atoms with van der Waals surface area (Å²) >= 11 is 1.67. The molecule has 0 saturated heterocycles. The van der Waals surface area contributed by atoms with E-state index in [4.69, 9.17) is 9.84 Å². The molecule has 0 spiro atoms. The summed E-state index contributed by atoms with van der Waals surface area (Å²) in [5, 5.41) is 8.48. The SMILES string of the molecule is CCCCSC(C)C(=O)N(C)c1ccc(OCC(=O)O)cc1. The van der Waals surface area contributed by atoms with E-state index in [-0.39, 0.29) is 17.8 Å². The molecule has 0 radical (unpaired) electrons. The molecule has 6 heteroatoms. The highest BCUT2D eigenvalue weighted by molar-refractivity contribution is 8.00. The van der Waals surface area contributed by atoms with Gasteiger partial charge in [-0.3, -0.25) is 4.79 Å². The van der Waals surface area contributed by atoms with E-state index >= 15 is 0 Å². The first-order valence-corrected chi connectivity index (χ1v) is 8.34. The third kappa shape index (κ3) is 5.97. The van der Waals surface area contributed by atoms with E-state index in [1.165, 1.54) is 0 Å². The molecule has 0 aliphatic carbocycles. The summed E-state index contributed by atoms with van der Waals surface area (Å²) < 4.78 is 5.07. The standard InChI is InChI=1S/C16H23NO4S/c1-4-5-10-22-12(2)16(20)17(3)13-6-8-14(9-7-13)21-11-15(18)19/h6-9,12H,4-5,10-11H2,1-3H3,(H,18,19). The zero-order valence-electron chi connectivity index (χ0n) is 13.2. The number of carboxylic acid groups (broad SMARTS) is 1. The number of unbranched alkanes of at least 4 members (excludes halogenated alkanes) is 1. The molecule has 0 aliphatic heterocycles. The molecular weight excluding hydrogens is 302 g/mol. The van der Waals surface area contributed by atoms with Crippen molar-refractivity contribution in [2.24, 2.45) is 0 Å².